The quantitative estimate of drug-likeness (QED) is 0.732. The molecule has 82 valence electrons. The first kappa shape index (κ1) is 10.5. The topological polar surface area (TPSA) is 47.8 Å². The van der Waals surface area contributed by atoms with Crippen LogP contribution in [0.25, 0.3) is 5.69 Å². The van der Waals surface area contributed by atoms with E-state index >= 15 is 0 Å². The minimum atomic E-state index is 0.180. The predicted molar refractivity (Wildman–Crippen MR) is 60.5 cm³/mol. The Morgan fingerprint density at radius 1 is 1.31 bits per heavy atom. The van der Waals surface area contributed by atoms with E-state index in [-0.39, 0.29) is 5.92 Å². The van der Waals surface area contributed by atoms with Crippen molar-refractivity contribution in [2.45, 2.75) is 19.3 Å². The third-order valence-electron chi connectivity index (χ3n) is 2.55. The van der Waals surface area contributed by atoms with Crippen LogP contribution in [0.1, 0.15) is 24.8 Å². The Morgan fingerprint density at radius 3 is 2.69 bits per heavy atom. The molecule has 1 aromatic heterocycles. The predicted octanol–water partition coefficient (Wildman–Crippen LogP) is 1.96. The maximum Gasteiger partial charge on any atom is 0.120 e. The minimum Gasteiger partial charge on any atom is -0.303 e. The summed E-state index contributed by atoms with van der Waals surface area (Å²) < 4.78 is 0. The van der Waals surface area contributed by atoms with Crippen LogP contribution in [0.15, 0.2) is 36.7 Å². The maximum absolute atomic E-state index is 10.5. The van der Waals surface area contributed by atoms with Crippen LogP contribution in [0.5, 0.6) is 0 Å². The van der Waals surface area contributed by atoms with Gasteiger partial charge in [0.1, 0.15) is 6.29 Å². The van der Waals surface area contributed by atoms with Crippen LogP contribution in [0, 0.1) is 0 Å². The first-order chi connectivity index (χ1) is 7.83. The summed E-state index contributed by atoms with van der Waals surface area (Å²) in [4.78, 5) is 12.1. The van der Waals surface area contributed by atoms with Gasteiger partial charge in [-0.3, -0.25) is 0 Å². The van der Waals surface area contributed by atoms with Gasteiger partial charge in [-0.15, -0.1) is 0 Å². The number of nitrogens with zero attached hydrogens (tertiary/aromatic N) is 3. The molecule has 4 nitrogen and oxygen atoms in total. The third-order valence-corrected chi connectivity index (χ3v) is 2.55. The molecule has 0 aliphatic rings. The average molecular weight is 215 g/mol. The highest BCUT2D eigenvalue weighted by molar-refractivity contribution is 5.53. The molecule has 2 aromatic rings. The Balaban J connectivity index is 2.42. The molecule has 0 amide bonds. The SMILES string of the molecule is CC(CC=O)c1ccccc1-n1nccn1. The van der Waals surface area contributed by atoms with Gasteiger partial charge >= 0.3 is 0 Å². The van der Waals surface area contributed by atoms with Gasteiger partial charge in [-0.2, -0.15) is 15.0 Å². The second-order valence-electron chi connectivity index (χ2n) is 3.68. The number of hydrogen-bond acceptors (Lipinski definition) is 3. The number of carbonyl (C=O) groups is 1. The summed E-state index contributed by atoms with van der Waals surface area (Å²) in [6.45, 7) is 2.02. The Labute approximate surface area is 93.9 Å². The van der Waals surface area contributed by atoms with Gasteiger partial charge in [0.15, 0.2) is 0 Å². The summed E-state index contributed by atoms with van der Waals surface area (Å²) in [5.41, 5.74) is 2.02. The van der Waals surface area contributed by atoms with E-state index in [1.54, 1.807) is 17.2 Å². The summed E-state index contributed by atoms with van der Waals surface area (Å²) in [7, 11) is 0. The molecule has 0 aliphatic heterocycles. The molecular weight excluding hydrogens is 202 g/mol. The lowest BCUT2D eigenvalue weighted by Gasteiger charge is -2.12. The molecule has 0 spiro atoms. The second kappa shape index (κ2) is 4.70. The van der Waals surface area contributed by atoms with Gasteiger partial charge in [-0.1, -0.05) is 25.1 Å². The third kappa shape index (κ3) is 2.00. The van der Waals surface area contributed by atoms with Crippen LogP contribution in [-0.4, -0.2) is 21.3 Å². The molecule has 0 saturated heterocycles. The van der Waals surface area contributed by atoms with E-state index in [1.165, 1.54) is 0 Å². The fraction of sp³-hybridized carbons (Fsp3) is 0.250. The number of aldehydes is 1. The molecule has 1 unspecified atom stereocenters. The van der Waals surface area contributed by atoms with Gasteiger partial charge in [-0.25, -0.2) is 0 Å². The van der Waals surface area contributed by atoms with Crippen molar-refractivity contribution in [1.29, 1.82) is 0 Å². The van der Waals surface area contributed by atoms with E-state index in [2.05, 4.69) is 10.2 Å². The van der Waals surface area contributed by atoms with Gasteiger partial charge in [-0.05, 0) is 17.5 Å². The van der Waals surface area contributed by atoms with Crippen molar-refractivity contribution in [2.75, 3.05) is 0 Å². The average Bonchev–Trinajstić information content (AvgIpc) is 2.83. The molecule has 0 radical (unpaired) electrons. The van der Waals surface area contributed by atoms with Gasteiger partial charge in [0, 0.05) is 6.42 Å². The fourth-order valence-corrected chi connectivity index (χ4v) is 1.70. The number of carbonyl (C=O) groups excluding carboxylic acids is 1. The molecule has 0 bridgehead atoms. The zero-order chi connectivity index (χ0) is 11.4. The molecule has 1 aromatic carbocycles. The van der Waals surface area contributed by atoms with Crippen molar-refractivity contribution in [3.63, 3.8) is 0 Å². The highest BCUT2D eigenvalue weighted by Crippen LogP contribution is 2.23. The molecule has 0 N–H and O–H groups in total. The van der Waals surface area contributed by atoms with Gasteiger partial charge < -0.3 is 4.79 Å². The number of rotatable bonds is 4. The fourth-order valence-electron chi connectivity index (χ4n) is 1.70. The summed E-state index contributed by atoms with van der Waals surface area (Å²) in [6.07, 6.45) is 4.73. The maximum atomic E-state index is 10.5. The molecule has 0 fully saturated rings. The lowest BCUT2D eigenvalue weighted by atomic mass is 9.97. The molecule has 2 rings (SSSR count). The largest absolute Gasteiger partial charge is 0.303 e. The zero-order valence-electron chi connectivity index (χ0n) is 9.08. The minimum absolute atomic E-state index is 0.180. The Hall–Kier alpha value is -1.97. The van der Waals surface area contributed by atoms with Gasteiger partial charge in [0.2, 0.25) is 0 Å². The molecular formula is C12H13N3O. The van der Waals surface area contributed by atoms with Crippen molar-refractivity contribution >= 4 is 6.29 Å². The highest BCUT2D eigenvalue weighted by Gasteiger charge is 2.11. The first-order valence-corrected chi connectivity index (χ1v) is 5.22. The van der Waals surface area contributed by atoms with Crippen LogP contribution in [0.4, 0.5) is 0 Å². The normalized spacial score (nSPS) is 12.3. The Bertz CT molecular complexity index is 465. The summed E-state index contributed by atoms with van der Waals surface area (Å²) >= 11 is 0. The molecule has 16 heavy (non-hydrogen) atoms. The van der Waals surface area contributed by atoms with Crippen LogP contribution in [0.2, 0.25) is 0 Å². The molecule has 1 atom stereocenters. The first-order valence-electron chi connectivity index (χ1n) is 5.22. The Morgan fingerprint density at radius 2 is 2.00 bits per heavy atom. The summed E-state index contributed by atoms with van der Waals surface area (Å²) in [6, 6.07) is 7.86. The monoisotopic (exact) mass is 215 g/mol. The lowest BCUT2D eigenvalue weighted by Crippen LogP contribution is -2.05. The van der Waals surface area contributed by atoms with Crippen LogP contribution in [0.3, 0.4) is 0 Å². The number of para-hydroxylation sites is 1. The van der Waals surface area contributed by atoms with Gasteiger partial charge in [0.05, 0.1) is 18.1 Å². The van der Waals surface area contributed by atoms with Crippen LogP contribution in [-0.2, 0) is 4.79 Å². The van der Waals surface area contributed by atoms with E-state index < -0.39 is 0 Å². The van der Waals surface area contributed by atoms with E-state index in [0.29, 0.717) is 6.42 Å². The van der Waals surface area contributed by atoms with Crippen molar-refractivity contribution in [3.05, 3.63) is 42.2 Å². The molecule has 0 saturated carbocycles. The lowest BCUT2D eigenvalue weighted by molar-refractivity contribution is -0.108. The van der Waals surface area contributed by atoms with Crippen molar-refractivity contribution in [2.24, 2.45) is 0 Å². The van der Waals surface area contributed by atoms with Crippen molar-refractivity contribution < 1.29 is 4.79 Å². The van der Waals surface area contributed by atoms with E-state index in [4.69, 9.17) is 0 Å². The number of benzene rings is 1. The zero-order valence-corrected chi connectivity index (χ0v) is 9.08. The Kier molecular flexibility index (Phi) is 3.10. The van der Waals surface area contributed by atoms with E-state index in [1.807, 2.05) is 31.2 Å². The number of hydrogen-bond donors (Lipinski definition) is 0. The van der Waals surface area contributed by atoms with Crippen molar-refractivity contribution in [3.8, 4) is 5.69 Å². The second-order valence-corrected chi connectivity index (χ2v) is 3.68. The summed E-state index contributed by atoms with van der Waals surface area (Å²) in [5.74, 6) is 0.180. The molecule has 1 heterocycles. The standard InChI is InChI=1S/C12H13N3O/c1-10(6-9-16)11-4-2-3-5-12(11)15-13-7-8-14-15/h2-5,7-10H,6H2,1H3. The van der Waals surface area contributed by atoms with Gasteiger partial charge in [0.25, 0.3) is 0 Å². The van der Waals surface area contributed by atoms with Crippen LogP contribution < -0.4 is 0 Å². The molecule has 0 aliphatic carbocycles. The van der Waals surface area contributed by atoms with E-state index in [9.17, 15) is 4.79 Å². The number of aromatic nitrogens is 3. The highest BCUT2D eigenvalue weighted by atomic mass is 16.1. The van der Waals surface area contributed by atoms with E-state index in [0.717, 1.165) is 17.5 Å². The van der Waals surface area contributed by atoms with Crippen molar-refractivity contribution in [1.82, 2.24) is 15.0 Å². The smallest absolute Gasteiger partial charge is 0.120 e. The van der Waals surface area contributed by atoms with Crippen LogP contribution >= 0.6 is 0 Å². The summed E-state index contributed by atoms with van der Waals surface area (Å²) in [5, 5.41) is 8.21. The molecule has 4 heteroatoms.